The van der Waals surface area contributed by atoms with E-state index in [0.29, 0.717) is 6.42 Å². The maximum absolute atomic E-state index is 12.5. The smallest absolute Gasteiger partial charge is 0.222 e. The van der Waals surface area contributed by atoms with Crippen LogP contribution in [0.5, 0.6) is 0 Å². The van der Waals surface area contributed by atoms with Crippen molar-refractivity contribution in [3.8, 4) is 0 Å². The van der Waals surface area contributed by atoms with E-state index >= 15 is 0 Å². The number of aliphatic hydroxyl groups is 3. The highest BCUT2D eigenvalue weighted by Gasteiger charge is 2.20. The lowest BCUT2D eigenvalue weighted by Gasteiger charge is -2.21. The van der Waals surface area contributed by atoms with Gasteiger partial charge in [0.25, 0.3) is 0 Å². The molecule has 0 spiro atoms. The standard InChI is InChI=1S/C51H101NO4/c1-3-5-7-9-11-13-15-17-19-21-22-23-24-25-26-27-29-31-33-35-37-39-41-43-45-50(55)49(47-53)52-51(56)46-48(54)44-42-40-38-36-34-32-30-28-20-18-16-14-12-10-8-6-4-2/h43,45,48-50,53-55H,3-42,44,46-47H2,1-2H3,(H,52,56)/b45-43+. The van der Waals surface area contributed by atoms with Gasteiger partial charge >= 0.3 is 0 Å². The second-order valence-electron chi connectivity index (χ2n) is 17.8. The van der Waals surface area contributed by atoms with Crippen LogP contribution in [0, 0.1) is 0 Å². The number of aliphatic hydroxyl groups excluding tert-OH is 3. The van der Waals surface area contributed by atoms with E-state index in [2.05, 4.69) is 19.2 Å². The molecule has 0 saturated heterocycles. The zero-order valence-electron chi connectivity index (χ0n) is 38.0. The molecule has 0 aliphatic rings. The quantitative estimate of drug-likeness (QED) is 0.0365. The largest absolute Gasteiger partial charge is 0.394 e. The fraction of sp³-hybridized carbons (Fsp3) is 0.941. The number of hydrogen-bond acceptors (Lipinski definition) is 4. The average molecular weight is 792 g/mol. The lowest BCUT2D eigenvalue weighted by Crippen LogP contribution is -2.45. The minimum Gasteiger partial charge on any atom is -0.394 e. The van der Waals surface area contributed by atoms with Crippen LogP contribution in [0.15, 0.2) is 12.2 Å². The van der Waals surface area contributed by atoms with Gasteiger partial charge < -0.3 is 20.6 Å². The zero-order valence-corrected chi connectivity index (χ0v) is 38.0. The Labute approximate surface area is 350 Å². The number of carbonyl (C=O) groups is 1. The van der Waals surface area contributed by atoms with Crippen LogP contribution in [0.2, 0.25) is 0 Å². The van der Waals surface area contributed by atoms with E-state index in [4.69, 9.17) is 0 Å². The van der Waals surface area contributed by atoms with Gasteiger partial charge in [-0.15, -0.1) is 0 Å². The summed E-state index contributed by atoms with van der Waals surface area (Å²) in [6.45, 7) is 4.25. The number of amides is 1. The highest BCUT2D eigenvalue weighted by Crippen LogP contribution is 2.17. The Morgan fingerprint density at radius 1 is 0.446 bits per heavy atom. The minimum atomic E-state index is -0.925. The summed E-state index contributed by atoms with van der Waals surface area (Å²) in [5, 5.41) is 33.4. The molecule has 0 bridgehead atoms. The van der Waals surface area contributed by atoms with Gasteiger partial charge in [-0.3, -0.25) is 4.79 Å². The summed E-state index contributed by atoms with van der Waals surface area (Å²) < 4.78 is 0. The van der Waals surface area contributed by atoms with E-state index in [1.54, 1.807) is 6.08 Å². The number of nitrogens with one attached hydrogen (secondary N) is 1. The molecule has 0 rings (SSSR count). The molecule has 0 heterocycles. The minimum absolute atomic E-state index is 0.0191. The normalized spacial score (nSPS) is 13.4. The highest BCUT2D eigenvalue weighted by atomic mass is 16.3. The van der Waals surface area contributed by atoms with Crippen LogP contribution in [0.4, 0.5) is 0 Å². The number of rotatable bonds is 47. The Hall–Kier alpha value is -0.910. The predicted octanol–water partition coefficient (Wildman–Crippen LogP) is 15.2. The van der Waals surface area contributed by atoms with Gasteiger partial charge in [0.15, 0.2) is 0 Å². The first-order valence-corrected chi connectivity index (χ1v) is 25.5. The number of allylic oxidation sites excluding steroid dienone is 1. The van der Waals surface area contributed by atoms with Gasteiger partial charge in [0.2, 0.25) is 5.91 Å². The first-order valence-electron chi connectivity index (χ1n) is 25.5. The fourth-order valence-electron chi connectivity index (χ4n) is 8.17. The van der Waals surface area contributed by atoms with Crippen molar-refractivity contribution in [1.29, 1.82) is 0 Å². The van der Waals surface area contributed by atoms with Gasteiger partial charge in [0.05, 0.1) is 31.3 Å². The van der Waals surface area contributed by atoms with Crippen LogP contribution in [0.3, 0.4) is 0 Å². The van der Waals surface area contributed by atoms with Gasteiger partial charge in [-0.25, -0.2) is 0 Å². The van der Waals surface area contributed by atoms with Crippen LogP contribution in [0.1, 0.15) is 284 Å². The molecule has 0 saturated carbocycles. The third kappa shape index (κ3) is 42.7. The summed E-state index contributed by atoms with van der Waals surface area (Å²) in [6.07, 6.45) is 56.6. The van der Waals surface area contributed by atoms with Crippen molar-refractivity contribution in [3.05, 3.63) is 12.2 Å². The first-order chi connectivity index (χ1) is 27.5. The third-order valence-corrected chi connectivity index (χ3v) is 12.1. The molecule has 0 aliphatic carbocycles. The molecular weight excluding hydrogens is 691 g/mol. The lowest BCUT2D eigenvalue weighted by atomic mass is 10.0. The van der Waals surface area contributed by atoms with Crippen molar-refractivity contribution in [2.45, 2.75) is 302 Å². The molecule has 3 unspecified atom stereocenters. The Kier molecular flexibility index (Phi) is 46.0. The Balaban J connectivity index is 3.57. The maximum Gasteiger partial charge on any atom is 0.222 e. The number of unbranched alkanes of at least 4 members (excludes halogenated alkanes) is 38. The molecule has 56 heavy (non-hydrogen) atoms. The van der Waals surface area contributed by atoms with Crippen LogP contribution in [-0.2, 0) is 4.79 Å². The van der Waals surface area contributed by atoms with E-state index in [1.807, 2.05) is 6.08 Å². The van der Waals surface area contributed by atoms with Crippen LogP contribution < -0.4 is 5.32 Å². The van der Waals surface area contributed by atoms with Crippen molar-refractivity contribution in [3.63, 3.8) is 0 Å². The van der Waals surface area contributed by atoms with Gasteiger partial charge in [-0.2, -0.15) is 0 Å². The average Bonchev–Trinajstić information content (AvgIpc) is 3.19. The molecule has 0 fully saturated rings. The Morgan fingerprint density at radius 3 is 1.04 bits per heavy atom. The maximum atomic E-state index is 12.5. The van der Waals surface area contributed by atoms with E-state index in [9.17, 15) is 20.1 Å². The molecule has 0 radical (unpaired) electrons. The molecule has 0 aliphatic heterocycles. The zero-order chi connectivity index (χ0) is 40.8. The predicted molar refractivity (Wildman–Crippen MR) is 245 cm³/mol. The molecule has 5 heteroatoms. The molecule has 0 aromatic heterocycles. The monoisotopic (exact) mass is 792 g/mol. The molecule has 5 nitrogen and oxygen atoms in total. The van der Waals surface area contributed by atoms with E-state index in [0.717, 1.165) is 25.7 Å². The molecule has 1 amide bonds. The van der Waals surface area contributed by atoms with Crippen LogP contribution in [-0.4, -0.2) is 46.1 Å². The van der Waals surface area contributed by atoms with E-state index in [-0.39, 0.29) is 18.9 Å². The number of carbonyl (C=O) groups excluding carboxylic acids is 1. The summed E-state index contributed by atoms with van der Waals surface area (Å²) in [6, 6.07) is -0.740. The van der Waals surface area contributed by atoms with Crippen LogP contribution >= 0.6 is 0 Å². The van der Waals surface area contributed by atoms with Gasteiger partial charge in [0, 0.05) is 0 Å². The Bertz CT molecular complexity index is 788. The SMILES string of the molecule is CCCCCCCCCCCCCCCCCCCCCCCC/C=C/C(O)C(CO)NC(=O)CC(O)CCCCCCCCCCCCCCCCCCC. The lowest BCUT2D eigenvalue weighted by molar-refractivity contribution is -0.124. The second kappa shape index (κ2) is 46.8. The summed E-state index contributed by atoms with van der Waals surface area (Å²) >= 11 is 0. The van der Waals surface area contributed by atoms with Crippen molar-refractivity contribution >= 4 is 5.91 Å². The molecule has 4 N–H and O–H groups in total. The second-order valence-corrected chi connectivity index (χ2v) is 17.8. The Morgan fingerprint density at radius 2 is 0.732 bits per heavy atom. The van der Waals surface area contributed by atoms with Crippen molar-refractivity contribution in [1.82, 2.24) is 5.32 Å². The molecular formula is C51H101NO4. The molecule has 334 valence electrons. The molecule has 3 atom stereocenters. The van der Waals surface area contributed by atoms with E-state index < -0.39 is 18.2 Å². The molecule has 0 aromatic carbocycles. The topological polar surface area (TPSA) is 89.8 Å². The number of hydrogen-bond donors (Lipinski definition) is 4. The summed E-state index contributed by atoms with van der Waals surface area (Å²) in [5.41, 5.74) is 0. The fourth-order valence-corrected chi connectivity index (χ4v) is 8.17. The summed E-state index contributed by atoms with van der Waals surface area (Å²) in [4.78, 5) is 12.5. The van der Waals surface area contributed by atoms with Gasteiger partial charge in [-0.1, -0.05) is 270 Å². The molecule has 0 aromatic rings. The summed E-state index contributed by atoms with van der Waals surface area (Å²) in [5.74, 6) is -0.310. The first kappa shape index (κ1) is 55.1. The van der Waals surface area contributed by atoms with Crippen molar-refractivity contribution in [2.24, 2.45) is 0 Å². The highest BCUT2D eigenvalue weighted by molar-refractivity contribution is 5.76. The van der Waals surface area contributed by atoms with Crippen LogP contribution in [0.25, 0.3) is 0 Å². The van der Waals surface area contributed by atoms with Crippen molar-refractivity contribution < 1.29 is 20.1 Å². The van der Waals surface area contributed by atoms with Crippen molar-refractivity contribution in [2.75, 3.05) is 6.61 Å². The van der Waals surface area contributed by atoms with E-state index in [1.165, 1.54) is 231 Å². The van der Waals surface area contributed by atoms with Gasteiger partial charge in [-0.05, 0) is 19.3 Å². The third-order valence-electron chi connectivity index (χ3n) is 12.1. The van der Waals surface area contributed by atoms with Gasteiger partial charge in [0.1, 0.15) is 0 Å². The summed E-state index contributed by atoms with van der Waals surface area (Å²) in [7, 11) is 0.